The van der Waals surface area contributed by atoms with Crippen LogP contribution in [0.5, 0.6) is 5.75 Å². The summed E-state index contributed by atoms with van der Waals surface area (Å²) in [6.45, 7) is 0.747. The average molecular weight is 355 g/mol. The lowest BCUT2D eigenvalue weighted by Gasteiger charge is -2.20. The van der Waals surface area contributed by atoms with Gasteiger partial charge in [-0.1, -0.05) is 18.2 Å². The van der Waals surface area contributed by atoms with Crippen LogP contribution in [-0.2, 0) is 6.54 Å². The summed E-state index contributed by atoms with van der Waals surface area (Å²) < 4.78 is 6.39. The van der Waals surface area contributed by atoms with Crippen LogP contribution in [0.1, 0.15) is 5.56 Å². The normalized spacial score (nSPS) is 10.2. The quantitative estimate of drug-likeness (QED) is 0.791. The zero-order valence-corrected chi connectivity index (χ0v) is 12.5. The molecular formula is C13H14IN3O. The SMILES string of the molecule is COc1ccccc1CN(C)c1ncncc1I. The first-order valence-corrected chi connectivity index (χ1v) is 6.58. The molecule has 0 saturated heterocycles. The first kappa shape index (κ1) is 13.1. The number of methoxy groups -OCH3 is 1. The largest absolute Gasteiger partial charge is 0.496 e. The third-order valence-corrected chi connectivity index (χ3v) is 3.37. The number of benzene rings is 1. The predicted octanol–water partition coefficient (Wildman–Crippen LogP) is 2.73. The van der Waals surface area contributed by atoms with Crippen molar-refractivity contribution >= 4 is 28.4 Å². The van der Waals surface area contributed by atoms with Crippen molar-refractivity contribution in [2.24, 2.45) is 0 Å². The van der Waals surface area contributed by atoms with Crippen molar-refractivity contribution in [3.8, 4) is 5.75 Å². The summed E-state index contributed by atoms with van der Waals surface area (Å²) in [6.07, 6.45) is 3.37. The zero-order chi connectivity index (χ0) is 13.0. The molecule has 0 bridgehead atoms. The van der Waals surface area contributed by atoms with Crippen LogP contribution in [0.4, 0.5) is 5.82 Å². The van der Waals surface area contributed by atoms with E-state index in [1.54, 1.807) is 13.4 Å². The van der Waals surface area contributed by atoms with Crippen molar-refractivity contribution in [3.05, 3.63) is 45.9 Å². The Labute approximate surface area is 120 Å². The summed E-state index contributed by atoms with van der Waals surface area (Å²) in [5, 5.41) is 0. The van der Waals surface area contributed by atoms with E-state index in [9.17, 15) is 0 Å². The van der Waals surface area contributed by atoms with E-state index in [2.05, 4.69) is 43.5 Å². The molecule has 0 unspecified atom stereocenters. The van der Waals surface area contributed by atoms with Crippen molar-refractivity contribution in [1.29, 1.82) is 0 Å². The van der Waals surface area contributed by atoms with Gasteiger partial charge in [-0.25, -0.2) is 9.97 Å². The molecule has 94 valence electrons. The van der Waals surface area contributed by atoms with Crippen molar-refractivity contribution in [2.75, 3.05) is 19.1 Å². The zero-order valence-electron chi connectivity index (χ0n) is 10.3. The van der Waals surface area contributed by atoms with E-state index in [0.717, 1.165) is 27.2 Å². The van der Waals surface area contributed by atoms with E-state index in [4.69, 9.17) is 4.74 Å². The van der Waals surface area contributed by atoms with Crippen molar-refractivity contribution < 1.29 is 4.74 Å². The molecule has 0 radical (unpaired) electrons. The molecular weight excluding hydrogens is 341 g/mol. The van der Waals surface area contributed by atoms with Crippen LogP contribution in [0, 0.1) is 3.57 Å². The van der Waals surface area contributed by atoms with Gasteiger partial charge in [-0.3, -0.25) is 0 Å². The molecule has 0 saturated carbocycles. The fraction of sp³-hybridized carbons (Fsp3) is 0.231. The molecule has 2 aromatic rings. The fourth-order valence-corrected chi connectivity index (χ4v) is 2.46. The number of para-hydroxylation sites is 1. The molecule has 4 nitrogen and oxygen atoms in total. The Morgan fingerprint density at radius 3 is 2.83 bits per heavy atom. The second-order valence-electron chi connectivity index (χ2n) is 3.86. The van der Waals surface area contributed by atoms with Crippen molar-refractivity contribution in [3.63, 3.8) is 0 Å². The number of halogens is 1. The van der Waals surface area contributed by atoms with Crippen LogP contribution in [0.25, 0.3) is 0 Å². The molecule has 18 heavy (non-hydrogen) atoms. The Bertz CT molecular complexity index is 533. The number of hydrogen-bond acceptors (Lipinski definition) is 4. The van der Waals surface area contributed by atoms with Crippen LogP contribution >= 0.6 is 22.6 Å². The molecule has 0 aliphatic heterocycles. The molecule has 0 atom stereocenters. The minimum Gasteiger partial charge on any atom is -0.496 e. The minimum absolute atomic E-state index is 0.747. The maximum absolute atomic E-state index is 5.35. The number of nitrogens with zero attached hydrogens (tertiary/aromatic N) is 3. The summed E-state index contributed by atoms with van der Waals surface area (Å²) in [5.41, 5.74) is 1.14. The Morgan fingerprint density at radius 1 is 1.33 bits per heavy atom. The number of ether oxygens (including phenoxy) is 1. The smallest absolute Gasteiger partial charge is 0.145 e. The topological polar surface area (TPSA) is 38.2 Å². The predicted molar refractivity (Wildman–Crippen MR) is 79.9 cm³/mol. The molecule has 0 aliphatic rings. The van der Waals surface area contributed by atoms with Crippen LogP contribution in [0.15, 0.2) is 36.8 Å². The van der Waals surface area contributed by atoms with Gasteiger partial charge in [-0.2, -0.15) is 0 Å². The molecule has 1 heterocycles. The Balaban J connectivity index is 2.21. The van der Waals surface area contributed by atoms with Crippen LogP contribution in [0.3, 0.4) is 0 Å². The Morgan fingerprint density at radius 2 is 2.11 bits per heavy atom. The van der Waals surface area contributed by atoms with E-state index in [-0.39, 0.29) is 0 Å². The van der Waals surface area contributed by atoms with Crippen molar-refractivity contribution in [1.82, 2.24) is 9.97 Å². The highest BCUT2D eigenvalue weighted by atomic mass is 127. The molecule has 0 spiro atoms. The summed E-state index contributed by atoms with van der Waals surface area (Å²) in [7, 11) is 3.70. The van der Waals surface area contributed by atoms with Gasteiger partial charge in [-0.15, -0.1) is 0 Å². The minimum atomic E-state index is 0.747. The molecule has 0 fully saturated rings. The number of aromatic nitrogens is 2. The molecule has 1 aromatic carbocycles. The van der Waals surface area contributed by atoms with Gasteiger partial charge < -0.3 is 9.64 Å². The van der Waals surface area contributed by atoms with E-state index in [0.29, 0.717) is 0 Å². The van der Waals surface area contributed by atoms with Crippen molar-refractivity contribution in [2.45, 2.75) is 6.54 Å². The maximum atomic E-state index is 5.35. The van der Waals surface area contributed by atoms with E-state index < -0.39 is 0 Å². The molecule has 1 aromatic heterocycles. The van der Waals surface area contributed by atoms with Gasteiger partial charge >= 0.3 is 0 Å². The Kier molecular flexibility index (Phi) is 4.35. The van der Waals surface area contributed by atoms with Crippen LogP contribution < -0.4 is 9.64 Å². The Hall–Kier alpha value is -1.37. The summed E-state index contributed by atoms with van der Waals surface area (Å²) in [6, 6.07) is 8.00. The second-order valence-corrected chi connectivity index (χ2v) is 5.02. The van der Waals surface area contributed by atoms with Gasteiger partial charge in [0.15, 0.2) is 0 Å². The van der Waals surface area contributed by atoms with Crippen LogP contribution in [0.2, 0.25) is 0 Å². The lowest BCUT2D eigenvalue weighted by molar-refractivity contribution is 0.409. The molecule has 5 heteroatoms. The summed E-state index contributed by atoms with van der Waals surface area (Å²) in [4.78, 5) is 10.4. The highest BCUT2D eigenvalue weighted by Crippen LogP contribution is 2.23. The highest BCUT2D eigenvalue weighted by Gasteiger charge is 2.10. The van der Waals surface area contributed by atoms with Gasteiger partial charge in [0.2, 0.25) is 0 Å². The van der Waals surface area contributed by atoms with E-state index >= 15 is 0 Å². The summed E-state index contributed by atoms with van der Waals surface area (Å²) in [5.74, 6) is 1.82. The van der Waals surface area contributed by atoms with Gasteiger partial charge in [-0.05, 0) is 28.7 Å². The third-order valence-electron chi connectivity index (χ3n) is 2.61. The lowest BCUT2D eigenvalue weighted by Crippen LogP contribution is -2.19. The number of hydrogen-bond donors (Lipinski definition) is 0. The molecule has 0 amide bonds. The first-order valence-electron chi connectivity index (χ1n) is 5.51. The maximum Gasteiger partial charge on any atom is 0.145 e. The average Bonchev–Trinajstić information content (AvgIpc) is 2.39. The monoisotopic (exact) mass is 355 g/mol. The van der Waals surface area contributed by atoms with E-state index in [1.165, 1.54) is 0 Å². The van der Waals surface area contributed by atoms with Gasteiger partial charge in [0, 0.05) is 25.4 Å². The van der Waals surface area contributed by atoms with Crippen LogP contribution in [-0.4, -0.2) is 24.1 Å². The molecule has 0 N–H and O–H groups in total. The fourth-order valence-electron chi connectivity index (χ4n) is 1.75. The van der Waals surface area contributed by atoms with Gasteiger partial charge in [0.25, 0.3) is 0 Å². The molecule has 2 rings (SSSR count). The van der Waals surface area contributed by atoms with Gasteiger partial charge in [0.05, 0.1) is 10.7 Å². The number of anilines is 1. The highest BCUT2D eigenvalue weighted by molar-refractivity contribution is 14.1. The first-order chi connectivity index (χ1) is 8.72. The summed E-state index contributed by atoms with van der Waals surface area (Å²) >= 11 is 2.24. The second kappa shape index (κ2) is 5.99. The standard InChI is InChI=1S/C13H14IN3O/c1-17(13-11(14)7-15-9-16-13)8-10-5-3-4-6-12(10)18-2/h3-7,9H,8H2,1-2H3. The van der Waals surface area contributed by atoms with E-state index in [1.807, 2.05) is 31.4 Å². The van der Waals surface area contributed by atoms with Gasteiger partial charge in [0.1, 0.15) is 17.9 Å². The lowest BCUT2D eigenvalue weighted by atomic mass is 10.2. The third kappa shape index (κ3) is 2.90. The molecule has 0 aliphatic carbocycles. The number of rotatable bonds is 4.